The first kappa shape index (κ1) is 14.2. The first-order valence-electron chi connectivity index (χ1n) is 4.90. The number of primary sulfonamides is 1. The number of nitro benzene ring substituents is 1. The number of ether oxygens (including phenoxy) is 1. The minimum atomic E-state index is -3.61. The lowest BCUT2D eigenvalue weighted by Gasteiger charge is -2.08. The molecule has 0 heterocycles. The van der Waals surface area contributed by atoms with Gasteiger partial charge in [0.1, 0.15) is 11.4 Å². The summed E-state index contributed by atoms with van der Waals surface area (Å²) < 4.78 is 26.4. The molecule has 0 spiro atoms. The summed E-state index contributed by atoms with van der Waals surface area (Å²) >= 11 is 0. The Kier molecular flexibility index (Phi) is 4.45. The quantitative estimate of drug-likeness (QED) is 0.568. The van der Waals surface area contributed by atoms with Crippen molar-refractivity contribution in [1.29, 1.82) is 0 Å². The fourth-order valence-electron chi connectivity index (χ4n) is 1.27. The largest absolute Gasteiger partial charge is 0.497 e. The van der Waals surface area contributed by atoms with E-state index in [9.17, 15) is 18.5 Å². The predicted octanol–water partition coefficient (Wildman–Crippen LogP) is 0.304. The molecule has 1 aromatic rings. The van der Waals surface area contributed by atoms with Crippen LogP contribution in [0.3, 0.4) is 0 Å². The van der Waals surface area contributed by atoms with Gasteiger partial charge in [0.25, 0.3) is 5.69 Å². The van der Waals surface area contributed by atoms with Crippen LogP contribution in [0.15, 0.2) is 18.2 Å². The second-order valence-electron chi connectivity index (χ2n) is 3.43. The van der Waals surface area contributed by atoms with E-state index in [1.54, 1.807) is 0 Å². The predicted molar refractivity (Wildman–Crippen MR) is 66.1 cm³/mol. The molecule has 0 radical (unpaired) electrons. The lowest BCUT2D eigenvalue weighted by atomic mass is 10.2. The molecule has 3 N–H and O–H groups in total. The number of benzene rings is 1. The van der Waals surface area contributed by atoms with Gasteiger partial charge in [0.15, 0.2) is 0 Å². The molecule has 0 amide bonds. The van der Waals surface area contributed by atoms with Crippen LogP contribution < -0.4 is 15.2 Å². The summed E-state index contributed by atoms with van der Waals surface area (Å²) in [4.78, 5) is 10.2. The summed E-state index contributed by atoms with van der Waals surface area (Å²) in [5, 5.41) is 18.2. The first-order chi connectivity index (χ1) is 8.33. The average Bonchev–Trinajstić information content (AvgIpc) is 2.26. The molecule has 100 valence electrons. The number of nitrogens with zero attached hydrogens (tertiary/aromatic N) is 1. The van der Waals surface area contributed by atoms with Crippen LogP contribution in [-0.2, 0) is 10.0 Å². The van der Waals surface area contributed by atoms with Gasteiger partial charge in [-0.25, -0.2) is 13.6 Å². The Balaban J connectivity index is 2.87. The van der Waals surface area contributed by atoms with Gasteiger partial charge in [-0.05, 0) is 6.07 Å². The Hall–Kier alpha value is -1.87. The van der Waals surface area contributed by atoms with Crippen molar-refractivity contribution < 1.29 is 18.1 Å². The maximum atomic E-state index is 10.8. The SMILES string of the molecule is COc1ccc([N+](=O)[O-])c(NCCS(N)(=O)=O)c1. The number of nitrogens with two attached hydrogens (primary N) is 1. The molecule has 0 saturated carbocycles. The molecular weight excluding hydrogens is 262 g/mol. The van der Waals surface area contributed by atoms with Crippen LogP contribution in [0, 0.1) is 10.1 Å². The lowest BCUT2D eigenvalue weighted by Crippen LogP contribution is -2.22. The summed E-state index contributed by atoms with van der Waals surface area (Å²) in [5.74, 6) is 0.111. The van der Waals surface area contributed by atoms with Gasteiger partial charge in [-0.15, -0.1) is 0 Å². The minimum Gasteiger partial charge on any atom is -0.497 e. The van der Waals surface area contributed by atoms with Gasteiger partial charge in [-0.1, -0.05) is 0 Å². The minimum absolute atomic E-state index is 0.0210. The Labute approximate surface area is 104 Å². The van der Waals surface area contributed by atoms with E-state index < -0.39 is 14.9 Å². The molecule has 18 heavy (non-hydrogen) atoms. The van der Waals surface area contributed by atoms with E-state index >= 15 is 0 Å². The zero-order chi connectivity index (χ0) is 13.8. The highest BCUT2D eigenvalue weighted by Gasteiger charge is 2.14. The average molecular weight is 275 g/mol. The molecule has 0 bridgehead atoms. The number of hydrogen-bond acceptors (Lipinski definition) is 6. The number of rotatable bonds is 6. The Bertz CT molecular complexity index is 543. The molecule has 8 nitrogen and oxygen atoms in total. The fourth-order valence-corrected chi connectivity index (χ4v) is 1.66. The number of anilines is 1. The van der Waals surface area contributed by atoms with Crippen LogP contribution in [-0.4, -0.2) is 32.7 Å². The van der Waals surface area contributed by atoms with Crippen LogP contribution in [0.2, 0.25) is 0 Å². The van der Waals surface area contributed by atoms with Gasteiger partial charge in [0.2, 0.25) is 10.0 Å². The van der Waals surface area contributed by atoms with Gasteiger partial charge in [0.05, 0.1) is 17.8 Å². The molecule has 1 aromatic carbocycles. The Morgan fingerprint density at radius 2 is 2.17 bits per heavy atom. The molecule has 9 heteroatoms. The third-order valence-corrected chi connectivity index (χ3v) is 2.88. The molecule has 0 aliphatic heterocycles. The third-order valence-electron chi connectivity index (χ3n) is 2.10. The van der Waals surface area contributed by atoms with Gasteiger partial charge in [-0.2, -0.15) is 0 Å². The number of sulfonamides is 1. The number of nitro groups is 1. The van der Waals surface area contributed by atoms with Crippen molar-refractivity contribution in [3.05, 3.63) is 28.3 Å². The number of hydrogen-bond donors (Lipinski definition) is 2. The van der Waals surface area contributed by atoms with Crippen molar-refractivity contribution in [3.8, 4) is 5.75 Å². The topological polar surface area (TPSA) is 125 Å². The van der Waals surface area contributed by atoms with Crippen LogP contribution in [0.25, 0.3) is 0 Å². The van der Waals surface area contributed by atoms with E-state index in [1.807, 2.05) is 0 Å². The van der Waals surface area contributed by atoms with Crippen molar-refractivity contribution in [1.82, 2.24) is 0 Å². The summed E-state index contributed by atoms with van der Waals surface area (Å²) in [6.45, 7) is -0.0210. The fraction of sp³-hybridized carbons (Fsp3) is 0.333. The van der Waals surface area contributed by atoms with Gasteiger partial charge in [-0.3, -0.25) is 10.1 Å². The maximum Gasteiger partial charge on any atom is 0.292 e. The van der Waals surface area contributed by atoms with Crippen LogP contribution in [0.4, 0.5) is 11.4 Å². The molecule has 0 unspecified atom stereocenters. The summed E-state index contributed by atoms with van der Waals surface area (Å²) in [5.41, 5.74) is 0.0215. The first-order valence-corrected chi connectivity index (χ1v) is 6.62. The number of methoxy groups -OCH3 is 1. The Morgan fingerprint density at radius 1 is 1.50 bits per heavy atom. The van der Waals surface area contributed by atoms with E-state index in [1.165, 1.54) is 25.3 Å². The van der Waals surface area contributed by atoms with E-state index in [0.29, 0.717) is 5.75 Å². The maximum absolute atomic E-state index is 10.8. The molecule has 0 fully saturated rings. The van der Waals surface area contributed by atoms with E-state index in [2.05, 4.69) is 5.32 Å². The zero-order valence-corrected chi connectivity index (χ0v) is 10.4. The van der Waals surface area contributed by atoms with E-state index in [-0.39, 0.29) is 23.7 Å². The van der Waals surface area contributed by atoms with Crippen molar-refractivity contribution >= 4 is 21.4 Å². The van der Waals surface area contributed by atoms with Crippen molar-refractivity contribution in [2.75, 3.05) is 24.7 Å². The second-order valence-corrected chi connectivity index (χ2v) is 5.17. The highest BCUT2D eigenvalue weighted by Crippen LogP contribution is 2.28. The van der Waals surface area contributed by atoms with Gasteiger partial charge in [0, 0.05) is 18.7 Å². The molecule has 0 saturated heterocycles. The van der Waals surface area contributed by atoms with Crippen molar-refractivity contribution in [2.24, 2.45) is 5.14 Å². The highest BCUT2D eigenvalue weighted by atomic mass is 32.2. The lowest BCUT2D eigenvalue weighted by molar-refractivity contribution is -0.384. The smallest absolute Gasteiger partial charge is 0.292 e. The van der Waals surface area contributed by atoms with Crippen LogP contribution in [0.1, 0.15) is 0 Å². The normalized spacial score (nSPS) is 11.0. The van der Waals surface area contributed by atoms with Crippen LogP contribution >= 0.6 is 0 Å². The standard InChI is InChI=1S/C9H13N3O5S/c1-17-7-2-3-9(12(13)14)8(6-7)11-4-5-18(10,15)16/h2-3,6,11H,4-5H2,1H3,(H2,10,15,16). The third kappa shape index (κ3) is 4.18. The summed E-state index contributed by atoms with van der Waals surface area (Å²) in [6, 6.07) is 4.14. The molecule has 0 aromatic heterocycles. The molecule has 0 aliphatic rings. The number of nitrogens with one attached hydrogen (secondary N) is 1. The second kappa shape index (κ2) is 5.65. The molecule has 1 rings (SSSR count). The van der Waals surface area contributed by atoms with E-state index in [0.717, 1.165) is 0 Å². The molecule has 0 atom stereocenters. The Morgan fingerprint density at radius 3 is 2.67 bits per heavy atom. The van der Waals surface area contributed by atoms with E-state index in [4.69, 9.17) is 9.88 Å². The zero-order valence-electron chi connectivity index (χ0n) is 9.62. The van der Waals surface area contributed by atoms with Gasteiger partial charge < -0.3 is 10.1 Å². The van der Waals surface area contributed by atoms with Crippen LogP contribution in [0.5, 0.6) is 5.75 Å². The van der Waals surface area contributed by atoms with Crippen molar-refractivity contribution in [3.63, 3.8) is 0 Å². The molecular formula is C9H13N3O5S. The highest BCUT2D eigenvalue weighted by molar-refractivity contribution is 7.89. The molecule has 0 aliphatic carbocycles. The van der Waals surface area contributed by atoms with Crippen molar-refractivity contribution in [2.45, 2.75) is 0 Å². The summed E-state index contributed by atoms with van der Waals surface area (Å²) in [7, 11) is -2.18. The summed E-state index contributed by atoms with van der Waals surface area (Å²) in [6.07, 6.45) is 0. The monoisotopic (exact) mass is 275 g/mol. The van der Waals surface area contributed by atoms with Gasteiger partial charge >= 0.3 is 0 Å².